The molecule has 1 heterocycles. The zero-order valence-electron chi connectivity index (χ0n) is 5.33. The van der Waals surface area contributed by atoms with E-state index in [2.05, 4.69) is 17.0 Å². The van der Waals surface area contributed by atoms with E-state index in [-0.39, 0.29) is 0 Å². The molecule has 46 valence electrons. The maximum Gasteiger partial charge on any atom is 0.102 e. The molecule has 0 saturated carbocycles. The van der Waals surface area contributed by atoms with Crippen LogP contribution in [0, 0.1) is 12.0 Å². The van der Waals surface area contributed by atoms with Crippen LogP contribution < -0.4 is 0 Å². The van der Waals surface area contributed by atoms with E-state index in [0.717, 1.165) is 6.54 Å². The summed E-state index contributed by atoms with van der Waals surface area (Å²) in [7, 11) is 0. The third kappa shape index (κ3) is 1.61. The molecule has 2 nitrogen and oxygen atoms in total. The molecule has 1 aliphatic heterocycles. The molecule has 0 aromatic rings. The normalized spacial score (nSPS) is 15.0. The summed E-state index contributed by atoms with van der Waals surface area (Å²) in [5.41, 5.74) is 0. The quantitative estimate of drug-likeness (QED) is 0.432. The van der Waals surface area contributed by atoms with E-state index in [1.165, 1.54) is 0 Å². The molecule has 2 heteroatoms. The zero-order valence-corrected chi connectivity index (χ0v) is 5.33. The Bertz CT molecular complexity index is 193. The topological polar surface area (TPSA) is 15.6 Å². The molecule has 0 unspecified atom stereocenters. The first-order valence-corrected chi connectivity index (χ1v) is 2.81. The zero-order chi connectivity index (χ0) is 6.53. The number of hydrogen-bond acceptors (Lipinski definition) is 2. The highest BCUT2D eigenvalue weighted by atomic mass is 15.1. The summed E-state index contributed by atoms with van der Waals surface area (Å²) in [4.78, 5) is 5.73. The first-order chi connectivity index (χ1) is 4.43. The lowest BCUT2D eigenvalue weighted by Crippen LogP contribution is -2.17. The van der Waals surface area contributed by atoms with Crippen LogP contribution in [0.2, 0.25) is 0 Å². The maximum absolute atomic E-state index is 3.90. The minimum atomic E-state index is 0.852. The van der Waals surface area contributed by atoms with Gasteiger partial charge in [0.2, 0.25) is 0 Å². The highest BCUT2D eigenvalue weighted by molar-refractivity contribution is 5.60. The molecule has 0 N–H and O–H groups in total. The van der Waals surface area contributed by atoms with Crippen molar-refractivity contribution < 1.29 is 0 Å². The van der Waals surface area contributed by atoms with Gasteiger partial charge in [0.25, 0.3) is 0 Å². The Labute approximate surface area is 54.9 Å². The Morgan fingerprint density at radius 1 is 1.67 bits per heavy atom. The van der Waals surface area contributed by atoms with Crippen LogP contribution in [0.3, 0.4) is 0 Å². The van der Waals surface area contributed by atoms with Gasteiger partial charge in [0.15, 0.2) is 0 Å². The van der Waals surface area contributed by atoms with Crippen molar-refractivity contribution in [3.8, 4) is 12.0 Å². The first kappa shape index (κ1) is 5.90. The molecule has 1 rings (SSSR count). The molecular weight excluding hydrogens is 112 g/mol. The molecule has 0 bridgehead atoms. The Morgan fingerprint density at radius 3 is 3.11 bits per heavy atom. The summed E-state index contributed by atoms with van der Waals surface area (Å²) in [5, 5.41) is 0. The van der Waals surface area contributed by atoms with Gasteiger partial charge in [-0.3, -0.25) is 4.90 Å². The SMILES string of the molecule is CC#CN1C=NC=CC1. The van der Waals surface area contributed by atoms with Gasteiger partial charge in [-0.05, 0) is 13.0 Å². The molecule has 0 aromatic carbocycles. The monoisotopic (exact) mass is 120 g/mol. The van der Waals surface area contributed by atoms with Gasteiger partial charge < -0.3 is 0 Å². The molecule has 0 radical (unpaired) electrons. The van der Waals surface area contributed by atoms with Crippen molar-refractivity contribution in [1.29, 1.82) is 0 Å². The number of aliphatic imine (C=N–C) groups is 1. The van der Waals surface area contributed by atoms with Crippen molar-refractivity contribution in [3.63, 3.8) is 0 Å². The molecular formula is C7H8N2. The smallest absolute Gasteiger partial charge is 0.102 e. The molecule has 0 amide bonds. The van der Waals surface area contributed by atoms with Gasteiger partial charge >= 0.3 is 0 Å². The minimum Gasteiger partial charge on any atom is -0.288 e. The second-order valence-electron chi connectivity index (χ2n) is 1.66. The predicted octanol–water partition coefficient (Wildman–Crippen LogP) is 0.825. The summed E-state index contributed by atoms with van der Waals surface area (Å²) >= 11 is 0. The lowest BCUT2D eigenvalue weighted by atomic mass is 10.5. The Balaban J connectivity index is 2.52. The van der Waals surface area contributed by atoms with Crippen molar-refractivity contribution >= 4 is 6.34 Å². The second-order valence-corrected chi connectivity index (χ2v) is 1.66. The average molecular weight is 120 g/mol. The number of hydrogen-bond donors (Lipinski definition) is 0. The van der Waals surface area contributed by atoms with Gasteiger partial charge in [-0.1, -0.05) is 5.92 Å². The van der Waals surface area contributed by atoms with Gasteiger partial charge in [0.05, 0.1) is 6.54 Å². The minimum absolute atomic E-state index is 0.852. The van der Waals surface area contributed by atoms with Gasteiger partial charge in [-0.15, -0.1) is 0 Å². The summed E-state index contributed by atoms with van der Waals surface area (Å²) in [6.07, 6.45) is 5.45. The summed E-state index contributed by atoms with van der Waals surface area (Å²) in [5.74, 6) is 2.79. The predicted molar refractivity (Wildman–Crippen MR) is 37.8 cm³/mol. The molecule has 1 aliphatic rings. The Morgan fingerprint density at radius 2 is 2.56 bits per heavy atom. The van der Waals surface area contributed by atoms with E-state index < -0.39 is 0 Å². The number of rotatable bonds is 0. The molecule has 0 aromatic heterocycles. The van der Waals surface area contributed by atoms with Gasteiger partial charge in [-0.25, -0.2) is 4.99 Å². The lowest BCUT2D eigenvalue weighted by molar-refractivity contribution is 0.666. The molecule has 9 heavy (non-hydrogen) atoms. The second kappa shape index (κ2) is 2.93. The first-order valence-electron chi connectivity index (χ1n) is 2.81. The van der Waals surface area contributed by atoms with Crippen LogP contribution in [-0.4, -0.2) is 17.8 Å². The van der Waals surface area contributed by atoms with E-state index in [1.807, 2.05) is 17.9 Å². The largest absolute Gasteiger partial charge is 0.288 e. The van der Waals surface area contributed by atoms with Crippen LogP contribution in [-0.2, 0) is 0 Å². The van der Waals surface area contributed by atoms with Crippen LogP contribution in [0.1, 0.15) is 6.92 Å². The van der Waals surface area contributed by atoms with Gasteiger partial charge in [0, 0.05) is 12.2 Å². The van der Waals surface area contributed by atoms with E-state index in [4.69, 9.17) is 0 Å². The van der Waals surface area contributed by atoms with E-state index in [0.29, 0.717) is 0 Å². The van der Waals surface area contributed by atoms with Crippen LogP contribution in [0.5, 0.6) is 0 Å². The summed E-state index contributed by atoms with van der Waals surface area (Å²) in [6.45, 7) is 2.66. The lowest BCUT2D eigenvalue weighted by Gasteiger charge is -2.09. The maximum atomic E-state index is 3.90. The molecule has 0 aliphatic carbocycles. The van der Waals surface area contributed by atoms with Crippen molar-refractivity contribution in [2.75, 3.05) is 6.54 Å². The third-order valence-electron chi connectivity index (χ3n) is 0.955. The van der Waals surface area contributed by atoms with Crippen molar-refractivity contribution in [3.05, 3.63) is 12.3 Å². The van der Waals surface area contributed by atoms with E-state index in [9.17, 15) is 0 Å². The van der Waals surface area contributed by atoms with Crippen molar-refractivity contribution in [2.45, 2.75) is 6.92 Å². The van der Waals surface area contributed by atoms with Crippen LogP contribution in [0.15, 0.2) is 17.3 Å². The van der Waals surface area contributed by atoms with Crippen LogP contribution in [0.25, 0.3) is 0 Å². The van der Waals surface area contributed by atoms with Crippen LogP contribution >= 0.6 is 0 Å². The molecule has 0 atom stereocenters. The van der Waals surface area contributed by atoms with Crippen LogP contribution in [0.4, 0.5) is 0 Å². The van der Waals surface area contributed by atoms with Gasteiger partial charge in [0.1, 0.15) is 6.34 Å². The Kier molecular flexibility index (Phi) is 1.92. The van der Waals surface area contributed by atoms with Crippen molar-refractivity contribution in [2.24, 2.45) is 4.99 Å². The fourth-order valence-electron chi connectivity index (χ4n) is 0.606. The average Bonchev–Trinajstić information content (AvgIpc) is 1.91. The third-order valence-corrected chi connectivity index (χ3v) is 0.955. The molecule has 0 spiro atoms. The number of nitrogens with zero attached hydrogens (tertiary/aromatic N) is 2. The van der Waals surface area contributed by atoms with Crippen molar-refractivity contribution in [1.82, 2.24) is 4.90 Å². The molecule has 0 fully saturated rings. The summed E-state index contributed by atoms with van der Waals surface area (Å²) in [6, 6.07) is 2.87. The highest BCUT2D eigenvalue weighted by Crippen LogP contribution is 1.89. The van der Waals surface area contributed by atoms with Gasteiger partial charge in [-0.2, -0.15) is 0 Å². The standard InChI is InChI=1S/C7H8N2/c1-2-5-9-6-3-4-8-7-9/h3-4,7H,6H2,1H3. The fraction of sp³-hybridized carbons (Fsp3) is 0.286. The van der Waals surface area contributed by atoms with E-state index in [1.54, 1.807) is 12.5 Å². The highest BCUT2D eigenvalue weighted by Gasteiger charge is 1.92. The fourth-order valence-corrected chi connectivity index (χ4v) is 0.606. The summed E-state index contributed by atoms with van der Waals surface area (Å²) < 4.78 is 0. The molecule has 0 saturated heterocycles. The Hall–Kier alpha value is -1.23. The van der Waals surface area contributed by atoms with E-state index >= 15 is 0 Å².